The third-order valence-corrected chi connectivity index (χ3v) is 3.30. The van der Waals surface area contributed by atoms with Gasteiger partial charge in [0.15, 0.2) is 0 Å². The molecule has 0 aliphatic heterocycles. The first-order chi connectivity index (χ1) is 10.0. The molecule has 0 bridgehead atoms. The van der Waals surface area contributed by atoms with E-state index in [0.29, 0.717) is 25.1 Å². The third-order valence-electron chi connectivity index (χ3n) is 3.30. The monoisotopic (exact) mass is 300 g/mol. The maximum atomic E-state index is 14.3. The number of hydrogen-bond donors (Lipinski definition) is 2. The Labute approximate surface area is 126 Å². The van der Waals surface area contributed by atoms with Crippen molar-refractivity contribution in [2.75, 3.05) is 24.6 Å². The lowest BCUT2D eigenvalue weighted by molar-refractivity contribution is 0.288. The standard InChI is InChI=1S/C16H26F2N2O/c1-4-6-19-11-13-9-14(17)16(15(18)10-13)20(12(2)3)7-5-8-21/h9-10,12,19,21H,4-8,11H2,1-3H3. The van der Waals surface area contributed by atoms with Crippen molar-refractivity contribution in [2.45, 2.75) is 46.2 Å². The second-order valence-electron chi connectivity index (χ2n) is 5.45. The van der Waals surface area contributed by atoms with Crippen molar-refractivity contribution in [1.82, 2.24) is 5.32 Å². The van der Waals surface area contributed by atoms with Gasteiger partial charge in [0.05, 0.1) is 0 Å². The Morgan fingerprint density at radius 3 is 2.33 bits per heavy atom. The molecule has 0 aliphatic carbocycles. The van der Waals surface area contributed by atoms with Crippen LogP contribution in [-0.2, 0) is 6.54 Å². The molecule has 0 aliphatic rings. The Balaban J connectivity index is 2.95. The van der Waals surface area contributed by atoms with Crippen LogP contribution in [0.2, 0.25) is 0 Å². The number of hydrogen-bond acceptors (Lipinski definition) is 3. The third kappa shape index (κ3) is 5.25. The number of rotatable bonds is 9. The minimum atomic E-state index is -0.546. The van der Waals surface area contributed by atoms with Crippen molar-refractivity contribution in [2.24, 2.45) is 0 Å². The fourth-order valence-electron chi connectivity index (χ4n) is 2.27. The van der Waals surface area contributed by atoms with Crippen LogP contribution in [0.25, 0.3) is 0 Å². The minimum absolute atomic E-state index is 0.00214. The van der Waals surface area contributed by atoms with Gasteiger partial charge in [-0.25, -0.2) is 8.78 Å². The van der Waals surface area contributed by atoms with E-state index in [-0.39, 0.29) is 18.3 Å². The molecule has 0 unspecified atom stereocenters. The molecule has 0 fully saturated rings. The highest BCUT2D eigenvalue weighted by Gasteiger charge is 2.20. The zero-order valence-electron chi connectivity index (χ0n) is 13.1. The molecular formula is C16H26F2N2O. The zero-order chi connectivity index (χ0) is 15.8. The average molecular weight is 300 g/mol. The molecule has 0 spiro atoms. The summed E-state index contributed by atoms with van der Waals surface area (Å²) in [6.07, 6.45) is 1.46. The minimum Gasteiger partial charge on any atom is -0.396 e. The lowest BCUT2D eigenvalue weighted by Crippen LogP contribution is -2.34. The predicted octanol–water partition coefficient (Wildman–Crippen LogP) is 3.06. The summed E-state index contributed by atoms with van der Waals surface area (Å²) in [4.78, 5) is 1.66. The summed E-state index contributed by atoms with van der Waals surface area (Å²) in [6, 6.07) is 2.73. The van der Waals surface area contributed by atoms with Gasteiger partial charge in [0.1, 0.15) is 17.3 Å². The van der Waals surface area contributed by atoms with Gasteiger partial charge in [-0.2, -0.15) is 0 Å². The molecule has 0 saturated heterocycles. The molecule has 2 N–H and O–H groups in total. The Morgan fingerprint density at radius 2 is 1.86 bits per heavy atom. The highest BCUT2D eigenvalue weighted by molar-refractivity contribution is 5.51. The SMILES string of the molecule is CCCNCc1cc(F)c(N(CCCO)C(C)C)c(F)c1. The summed E-state index contributed by atoms with van der Waals surface area (Å²) >= 11 is 0. The first-order valence-corrected chi connectivity index (χ1v) is 7.57. The van der Waals surface area contributed by atoms with E-state index in [9.17, 15) is 8.78 Å². The summed E-state index contributed by atoms with van der Waals surface area (Å²) in [6.45, 7) is 7.51. The Kier molecular flexibility index (Phi) is 7.61. The average Bonchev–Trinajstić information content (AvgIpc) is 2.41. The smallest absolute Gasteiger partial charge is 0.149 e. The number of halogens is 2. The first-order valence-electron chi connectivity index (χ1n) is 7.57. The van der Waals surface area contributed by atoms with Crippen LogP contribution >= 0.6 is 0 Å². The van der Waals surface area contributed by atoms with E-state index >= 15 is 0 Å². The lowest BCUT2D eigenvalue weighted by Gasteiger charge is -2.29. The fraction of sp³-hybridized carbons (Fsp3) is 0.625. The van der Waals surface area contributed by atoms with Gasteiger partial charge in [-0.1, -0.05) is 6.92 Å². The van der Waals surface area contributed by atoms with Crippen LogP contribution in [0.4, 0.5) is 14.5 Å². The van der Waals surface area contributed by atoms with Gasteiger partial charge < -0.3 is 15.3 Å². The molecule has 1 aromatic rings. The van der Waals surface area contributed by atoms with Gasteiger partial charge in [-0.05, 0) is 50.9 Å². The van der Waals surface area contributed by atoms with Crippen molar-refractivity contribution in [3.8, 4) is 0 Å². The van der Waals surface area contributed by atoms with Gasteiger partial charge in [0.2, 0.25) is 0 Å². The van der Waals surface area contributed by atoms with E-state index in [1.165, 1.54) is 12.1 Å². The van der Waals surface area contributed by atoms with E-state index in [0.717, 1.165) is 13.0 Å². The number of anilines is 1. The van der Waals surface area contributed by atoms with E-state index in [1.807, 2.05) is 20.8 Å². The van der Waals surface area contributed by atoms with Gasteiger partial charge in [-0.15, -0.1) is 0 Å². The molecular weight excluding hydrogens is 274 g/mol. The van der Waals surface area contributed by atoms with Gasteiger partial charge in [0.25, 0.3) is 0 Å². The normalized spacial score (nSPS) is 11.2. The summed E-state index contributed by atoms with van der Waals surface area (Å²) in [5.74, 6) is -1.09. The first kappa shape index (κ1) is 17.9. The molecule has 1 rings (SSSR count). The number of aliphatic hydroxyl groups excluding tert-OH is 1. The van der Waals surface area contributed by atoms with Gasteiger partial charge in [-0.3, -0.25) is 0 Å². The van der Waals surface area contributed by atoms with Gasteiger partial charge in [0, 0.05) is 25.7 Å². The number of aliphatic hydroxyl groups is 1. The summed E-state index contributed by atoms with van der Waals surface area (Å²) in [5.41, 5.74) is 0.603. The van der Waals surface area contributed by atoms with E-state index in [4.69, 9.17) is 5.11 Å². The van der Waals surface area contributed by atoms with Crippen molar-refractivity contribution >= 4 is 5.69 Å². The molecule has 21 heavy (non-hydrogen) atoms. The van der Waals surface area contributed by atoms with E-state index in [1.54, 1.807) is 4.90 Å². The maximum Gasteiger partial charge on any atom is 0.149 e. The molecule has 0 saturated carbocycles. The molecule has 120 valence electrons. The van der Waals surface area contributed by atoms with Crippen LogP contribution in [0.15, 0.2) is 12.1 Å². The fourth-order valence-corrected chi connectivity index (χ4v) is 2.27. The second kappa shape index (κ2) is 8.95. The molecule has 5 heteroatoms. The maximum absolute atomic E-state index is 14.3. The summed E-state index contributed by atoms with van der Waals surface area (Å²) in [5, 5.41) is 12.1. The largest absolute Gasteiger partial charge is 0.396 e. The van der Waals surface area contributed by atoms with Gasteiger partial charge >= 0.3 is 0 Å². The molecule has 1 aromatic carbocycles. The van der Waals surface area contributed by atoms with E-state index in [2.05, 4.69) is 5.32 Å². The molecule has 3 nitrogen and oxygen atoms in total. The molecule has 0 aromatic heterocycles. The molecule has 0 atom stereocenters. The van der Waals surface area contributed by atoms with Crippen LogP contribution in [0.1, 0.15) is 39.2 Å². The highest BCUT2D eigenvalue weighted by Crippen LogP contribution is 2.27. The molecule has 0 amide bonds. The quantitative estimate of drug-likeness (QED) is 0.688. The van der Waals surface area contributed by atoms with Crippen molar-refractivity contribution in [3.05, 3.63) is 29.3 Å². The Morgan fingerprint density at radius 1 is 1.24 bits per heavy atom. The van der Waals surface area contributed by atoms with Crippen LogP contribution in [-0.4, -0.2) is 30.8 Å². The van der Waals surface area contributed by atoms with Crippen LogP contribution in [0.5, 0.6) is 0 Å². The Hall–Kier alpha value is -1.20. The summed E-state index contributed by atoms with van der Waals surface area (Å²) in [7, 11) is 0. The van der Waals surface area contributed by atoms with Crippen LogP contribution < -0.4 is 10.2 Å². The van der Waals surface area contributed by atoms with Crippen molar-refractivity contribution in [1.29, 1.82) is 0 Å². The zero-order valence-corrected chi connectivity index (χ0v) is 13.1. The van der Waals surface area contributed by atoms with Crippen molar-refractivity contribution in [3.63, 3.8) is 0 Å². The number of benzene rings is 1. The number of nitrogens with one attached hydrogen (secondary N) is 1. The van der Waals surface area contributed by atoms with Crippen molar-refractivity contribution < 1.29 is 13.9 Å². The van der Waals surface area contributed by atoms with Crippen LogP contribution in [0, 0.1) is 11.6 Å². The van der Waals surface area contributed by atoms with E-state index < -0.39 is 11.6 Å². The summed E-state index contributed by atoms with van der Waals surface area (Å²) < 4.78 is 28.6. The highest BCUT2D eigenvalue weighted by atomic mass is 19.1. The molecule has 0 heterocycles. The molecule has 0 radical (unpaired) electrons. The predicted molar refractivity (Wildman–Crippen MR) is 82.5 cm³/mol. The lowest BCUT2D eigenvalue weighted by atomic mass is 10.1. The second-order valence-corrected chi connectivity index (χ2v) is 5.45. The topological polar surface area (TPSA) is 35.5 Å². The van der Waals surface area contributed by atoms with Crippen LogP contribution in [0.3, 0.4) is 0 Å². The number of nitrogens with zero attached hydrogens (tertiary/aromatic N) is 1. The Bertz CT molecular complexity index is 415.